The molecule has 1 aromatic carbocycles. The Labute approximate surface area is 83.5 Å². The summed E-state index contributed by atoms with van der Waals surface area (Å²) >= 11 is 0. The zero-order valence-electron chi connectivity index (χ0n) is 7.44. The number of benzene rings is 1. The van der Waals surface area contributed by atoms with Gasteiger partial charge in [0.25, 0.3) is 5.69 Å². The molecule has 15 heavy (non-hydrogen) atoms. The van der Waals surface area contributed by atoms with Crippen LogP contribution < -0.4 is 5.73 Å². The molecule has 0 fully saturated rings. The number of nitrogens with zero attached hydrogens (tertiary/aromatic N) is 5. The lowest BCUT2D eigenvalue weighted by molar-refractivity contribution is -0.384. The molecule has 0 aliphatic carbocycles. The molecule has 8 heteroatoms. The monoisotopic (exact) mass is 206 g/mol. The second-order valence-electron chi connectivity index (χ2n) is 2.76. The Morgan fingerprint density at radius 1 is 1.47 bits per heavy atom. The molecule has 2 rings (SSSR count). The Balaban J connectivity index is 2.61. The highest BCUT2D eigenvalue weighted by Crippen LogP contribution is 2.23. The van der Waals surface area contributed by atoms with Crippen molar-refractivity contribution in [2.45, 2.75) is 0 Å². The predicted octanol–water partition coefficient (Wildman–Crippen LogP) is 0.153. The van der Waals surface area contributed by atoms with Crippen LogP contribution in [0.15, 0.2) is 24.5 Å². The maximum absolute atomic E-state index is 10.7. The first kappa shape index (κ1) is 9.06. The van der Waals surface area contributed by atoms with Crippen LogP contribution in [0.4, 0.5) is 11.4 Å². The lowest BCUT2D eigenvalue weighted by Gasteiger charge is -2.01. The SMILES string of the molecule is Nc1ccc(-n2cnnn2)c([N+](=O)[O-])c1. The van der Waals surface area contributed by atoms with Gasteiger partial charge in [-0.1, -0.05) is 0 Å². The van der Waals surface area contributed by atoms with Gasteiger partial charge in [0.15, 0.2) is 0 Å². The van der Waals surface area contributed by atoms with Crippen molar-refractivity contribution in [2.75, 3.05) is 5.73 Å². The van der Waals surface area contributed by atoms with Crippen molar-refractivity contribution in [2.24, 2.45) is 0 Å². The summed E-state index contributed by atoms with van der Waals surface area (Å²) < 4.78 is 1.21. The second-order valence-corrected chi connectivity index (χ2v) is 2.76. The van der Waals surface area contributed by atoms with Crippen LogP contribution in [0.1, 0.15) is 0 Å². The minimum Gasteiger partial charge on any atom is -0.399 e. The minimum absolute atomic E-state index is 0.137. The molecule has 0 aliphatic heterocycles. The summed E-state index contributed by atoms with van der Waals surface area (Å²) in [6.45, 7) is 0. The maximum Gasteiger partial charge on any atom is 0.297 e. The van der Waals surface area contributed by atoms with E-state index in [1.165, 1.54) is 23.1 Å². The minimum atomic E-state index is -0.534. The summed E-state index contributed by atoms with van der Waals surface area (Å²) in [4.78, 5) is 10.2. The zero-order valence-corrected chi connectivity index (χ0v) is 7.44. The van der Waals surface area contributed by atoms with Crippen molar-refractivity contribution in [3.05, 3.63) is 34.6 Å². The Hall–Kier alpha value is -2.51. The fourth-order valence-electron chi connectivity index (χ4n) is 1.15. The topological polar surface area (TPSA) is 113 Å². The highest BCUT2D eigenvalue weighted by atomic mass is 16.6. The summed E-state index contributed by atoms with van der Waals surface area (Å²) in [7, 11) is 0. The normalized spacial score (nSPS) is 10.1. The first-order chi connectivity index (χ1) is 7.18. The summed E-state index contributed by atoms with van der Waals surface area (Å²) in [6.07, 6.45) is 1.28. The lowest BCUT2D eigenvalue weighted by atomic mass is 10.2. The van der Waals surface area contributed by atoms with Gasteiger partial charge in [-0.25, -0.2) is 0 Å². The molecule has 0 unspecified atom stereocenters. The molecule has 8 nitrogen and oxygen atoms in total. The summed E-state index contributed by atoms with van der Waals surface area (Å²) in [5.74, 6) is 0. The Morgan fingerprint density at radius 3 is 2.87 bits per heavy atom. The molecule has 0 bridgehead atoms. The van der Waals surface area contributed by atoms with Gasteiger partial charge in [0.05, 0.1) is 4.92 Å². The molecule has 2 aromatic rings. The molecule has 0 aliphatic rings. The van der Waals surface area contributed by atoms with E-state index in [-0.39, 0.29) is 11.4 Å². The van der Waals surface area contributed by atoms with E-state index < -0.39 is 4.92 Å². The third-order valence-corrected chi connectivity index (χ3v) is 1.79. The Kier molecular flexibility index (Phi) is 2.01. The number of nitrogens with two attached hydrogens (primary N) is 1. The van der Waals surface area contributed by atoms with E-state index in [1.54, 1.807) is 6.07 Å². The smallest absolute Gasteiger partial charge is 0.297 e. The molecule has 0 amide bonds. The molecule has 0 saturated heterocycles. The van der Waals surface area contributed by atoms with Crippen LogP contribution in [0.2, 0.25) is 0 Å². The van der Waals surface area contributed by atoms with Gasteiger partial charge in [-0.3, -0.25) is 10.1 Å². The van der Waals surface area contributed by atoms with Gasteiger partial charge >= 0.3 is 0 Å². The molecule has 0 radical (unpaired) electrons. The van der Waals surface area contributed by atoms with Crippen LogP contribution in [0, 0.1) is 10.1 Å². The van der Waals surface area contributed by atoms with Crippen molar-refractivity contribution in [3.63, 3.8) is 0 Å². The van der Waals surface area contributed by atoms with E-state index in [0.717, 1.165) is 0 Å². The van der Waals surface area contributed by atoms with Crippen LogP contribution in [-0.4, -0.2) is 25.1 Å². The summed E-state index contributed by atoms with van der Waals surface area (Å²) in [5.41, 5.74) is 5.91. The van der Waals surface area contributed by atoms with Gasteiger partial charge in [-0.05, 0) is 22.6 Å². The van der Waals surface area contributed by atoms with Crippen molar-refractivity contribution < 1.29 is 4.92 Å². The standard InChI is InChI=1S/C7H6N6O2/c8-5-1-2-6(7(3-5)13(14)15)12-4-9-10-11-12/h1-4H,8H2. The molecule has 0 spiro atoms. The number of aromatic nitrogens is 4. The number of hydrogen-bond donors (Lipinski definition) is 1. The second kappa shape index (κ2) is 3.33. The third kappa shape index (κ3) is 1.59. The largest absolute Gasteiger partial charge is 0.399 e. The first-order valence-corrected chi connectivity index (χ1v) is 3.96. The molecular weight excluding hydrogens is 200 g/mol. The number of nitrogen functional groups attached to an aromatic ring is 1. The van der Waals surface area contributed by atoms with Gasteiger partial charge < -0.3 is 5.73 Å². The van der Waals surface area contributed by atoms with E-state index in [4.69, 9.17) is 5.73 Å². The third-order valence-electron chi connectivity index (χ3n) is 1.79. The van der Waals surface area contributed by atoms with Gasteiger partial charge in [0.2, 0.25) is 0 Å². The van der Waals surface area contributed by atoms with Gasteiger partial charge in [0, 0.05) is 11.8 Å². The number of rotatable bonds is 2. The molecule has 0 saturated carbocycles. The number of hydrogen-bond acceptors (Lipinski definition) is 6. The fourth-order valence-corrected chi connectivity index (χ4v) is 1.15. The van der Waals surface area contributed by atoms with Gasteiger partial charge in [0.1, 0.15) is 12.0 Å². The number of nitro groups is 1. The Morgan fingerprint density at radius 2 is 2.27 bits per heavy atom. The lowest BCUT2D eigenvalue weighted by Crippen LogP contribution is -2.01. The van der Waals surface area contributed by atoms with Crippen LogP contribution in [0.25, 0.3) is 5.69 Å². The average molecular weight is 206 g/mol. The molecule has 0 atom stereocenters. The van der Waals surface area contributed by atoms with Crippen LogP contribution >= 0.6 is 0 Å². The molecule has 76 valence electrons. The predicted molar refractivity (Wildman–Crippen MR) is 50.2 cm³/mol. The zero-order chi connectivity index (χ0) is 10.8. The first-order valence-electron chi connectivity index (χ1n) is 3.96. The fraction of sp³-hybridized carbons (Fsp3) is 0. The number of tetrazole rings is 1. The highest BCUT2D eigenvalue weighted by Gasteiger charge is 2.16. The highest BCUT2D eigenvalue weighted by molar-refractivity contribution is 5.59. The van der Waals surface area contributed by atoms with Crippen LogP contribution in [-0.2, 0) is 0 Å². The van der Waals surface area contributed by atoms with Gasteiger partial charge in [-0.2, -0.15) is 4.68 Å². The van der Waals surface area contributed by atoms with E-state index >= 15 is 0 Å². The quantitative estimate of drug-likeness (QED) is 0.425. The van der Waals surface area contributed by atoms with Crippen molar-refractivity contribution in [1.82, 2.24) is 20.2 Å². The Bertz CT molecular complexity index is 494. The number of nitro benzene ring substituents is 1. The van der Waals surface area contributed by atoms with Gasteiger partial charge in [-0.15, -0.1) is 5.10 Å². The van der Waals surface area contributed by atoms with E-state index in [1.807, 2.05) is 0 Å². The van der Waals surface area contributed by atoms with E-state index in [2.05, 4.69) is 15.5 Å². The molecule has 1 aromatic heterocycles. The summed E-state index contributed by atoms with van der Waals surface area (Å²) in [6, 6.07) is 4.30. The van der Waals surface area contributed by atoms with Crippen LogP contribution in [0.3, 0.4) is 0 Å². The van der Waals surface area contributed by atoms with Crippen molar-refractivity contribution in [3.8, 4) is 5.69 Å². The van der Waals surface area contributed by atoms with E-state index in [9.17, 15) is 10.1 Å². The maximum atomic E-state index is 10.7. The van der Waals surface area contributed by atoms with Crippen LogP contribution in [0.5, 0.6) is 0 Å². The average Bonchev–Trinajstić information content (AvgIpc) is 2.70. The van der Waals surface area contributed by atoms with Crippen molar-refractivity contribution >= 4 is 11.4 Å². The summed E-state index contributed by atoms with van der Waals surface area (Å²) in [5, 5.41) is 21.1. The number of anilines is 1. The molecular formula is C7H6N6O2. The van der Waals surface area contributed by atoms with Crippen molar-refractivity contribution in [1.29, 1.82) is 0 Å². The molecule has 1 heterocycles. The molecule has 2 N–H and O–H groups in total. The van der Waals surface area contributed by atoms with E-state index in [0.29, 0.717) is 5.69 Å².